The number of anilines is 1. The third-order valence-corrected chi connectivity index (χ3v) is 5.12. The number of rotatable bonds is 7. The lowest BCUT2D eigenvalue weighted by Crippen LogP contribution is -2.30. The zero-order valence-electron chi connectivity index (χ0n) is 16.1. The number of nitrogens with zero attached hydrogens (tertiary/aromatic N) is 1. The number of carbonyl (C=O) groups excluding carboxylic acids is 2. The number of benzene rings is 2. The van der Waals surface area contributed by atoms with Crippen molar-refractivity contribution < 1.29 is 18.7 Å². The molecule has 1 N–H and O–H groups in total. The summed E-state index contributed by atoms with van der Waals surface area (Å²) in [5.41, 5.74) is 3.19. The van der Waals surface area contributed by atoms with E-state index in [1.165, 1.54) is 36.0 Å². The molecule has 0 saturated heterocycles. The second-order valence-corrected chi connectivity index (χ2v) is 7.34. The molecule has 0 aliphatic rings. The fourth-order valence-electron chi connectivity index (χ4n) is 2.67. The summed E-state index contributed by atoms with van der Waals surface area (Å²) in [6, 6.07) is 14.0. The standard InChI is InChI=1S/C22H21FN2O3S/c1-3-15-8-10-16(11-9-15)19-13-29-22(24-19)25-21(27)14(2)28-20(26)12-17-6-4-5-7-18(17)23/h4-11,13-14H,3,12H2,1-2H3,(H,24,25,27)/t14-/m1/s1. The van der Waals surface area contributed by atoms with Crippen LogP contribution in [0.25, 0.3) is 11.3 Å². The Bertz CT molecular complexity index is 1000. The molecule has 7 heteroatoms. The van der Waals surface area contributed by atoms with Gasteiger partial charge in [0, 0.05) is 10.9 Å². The van der Waals surface area contributed by atoms with Crippen molar-refractivity contribution in [2.75, 3.05) is 5.32 Å². The normalized spacial score (nSPS) is 11.7. The number of nitrogens with one attached hydrogen (secondary N) is 1. The average molecular weight is 412 g/mol. The molecule has 0 aliphatic carbocycles. The maximum absolute atomic E-state index is 13.6. The number of ether oxygens (including phenoxy) is 1. The van der Waals surface area contributed by atoms with Gasteiger partial charge in [-0.05, 0) is 30.5 Å². The summed E-state index contributed by atoms with van der Waals surface area (Å²) in [4.78, 5) is 28.7. The van der Waals surface area contributed by atoms with Crippen LogP contribution in [0.15, 0.2) is 53.9 Å². The predicted molar refractivity (Wildman–Crippen MR) is 111 cm³/mol. The molecule has 1 heterocycles. The van der Waals surface area contributed by atoms with E-state index in [0.717, 1.165) is 17.7 Å². The summed E-state index contributed by atoms with van der Waals surface area (Å²) in [5, 5.41) is 4.92. The van der Waals surface area contributed by atoms with E-state index in [1.807, 2.05) is 29.6 Å². The molecule has 0 spiro atoms. The Balaban J connectivity index is 1.56. The number of aromatic nitrogens is 1. The van der Waals surface area contributed by atoms with Crippen LogP contribution in [0, 0.1) is 5.82 Å². The number of aryl methyl sites for hydroxylation is 1. The molecule has 2 aromatic carbocycles. The second kappa shape index (κ2) is 9.43. The Morgan fingerprint density at radius 3 is 2.59 bits per heavy atom. The third-order valence-electron chi connectivity index (χ3n) is 4.36. The van der Waals surface area contributed by atoms with E-state index < -0.39 is 23.8 Å². The minimum absolute atomic E-state index is 0.226. The Kier molecular flexibility index (Phi) is 6.72. The minimum Gasteiger partial charge on any atom is -0.452 e. The molecule has 5 nitrogen and oxygen atoms in total. The zero-order chi connectivity index (χ0) is 20.8. The molecule has 0 bridgehead atoms. The lowest BCUT2D eigenvalue weighted by molar-refractivity contribution is -0.152. The van der Waals surface area contributed by atoms with E-state index in [-0.39, 0.29) is 12.0 Å². The van der Waals surface area contributed by atoms with E-state index in [9.17, 15) is 14.0 Å². The van der Waals surface area contributed by atoms with Crippen molar-refractivity contribution >= 4 is 28.3 Å². The highest BCUT2D eigenvalue weighted by Crippen LogP contribution is 2.25. The van der Waals surface area contributed by atoms with Gasteiger partial charge in [-0.15, -0.1) is 11.3 Å². The largest absolute Gasteiger partial charge is 0.452 e. The SMILES string of the molecule is CCc1ccc(-c2csc(NC(=O)[C@@H](C)OC(=O)Cc3ccccc3F)n2)cc1. The molecule has 1 aromatic heterocycles. The summed E-state index contributed by atoms with van der Waals surface area (Å²) in [6.07, 6.45) is -0.295. The first-order valence-electron chi connectivity index (χ1n) is 9.25. The van der Waals surface area contributed by atoms with Crippen molar-refractivity contribution in [3.8, 4) is 11.3 Å². The fraction of sp³-hybridized carbons (Fsp3) is 0.227. The van der Waals surface area contributed by atoms with Crippen molar-refractivity contribution in [1.82, 2.24) is 4.98 Å². The number of halogens is 1. The Hall–Kier alpha value is -3.06. The number of thiazole rings is 1. The predicted octanol–water partition coefficient (Wildman–Crippen LogP) is 4.62. The summed E-state index contributed by atoms with van der Waals surface area (Å²) >= 11 is 1.29. The van der Waals surface area contributed by atoms with Crippen molar-refractivity contribution in [2.45, 2.75) is 32.8 Å². The van der Waals surface area contributed by atoms with Crippen molar-refractivity contribution in [3.05, 3.63) is 70.9 Å². The van der Waals surface area contributed by atoms with Gasteiger partial charge in [0.15, 0.2) is 11.2 Å². The maximum Gasteiger partial charge on any atom is 0.311 e. The number of carbonyl (C=O) groups is 2. The summed E-state index contributed by atoms with van der Waals surface area (Å²) in [6.45, 7) is 3.56. The molecule has 0 saturated carbocycles. The molecule has 0 aliphatic heterocycles. The summed E-state index contributed by atoms with van der Waals surface area (Å²) in [7, 11) is 0. The highest BCUT2D eigenvalue weighted by molar-refractivity contribution is 7.14. The number of hydrogen-bond donors (Lipinski definition) is 1. The van der Waals surface area contributed by atoms with Crippen LogP contribution in [0.3, 0.4) is 0 Å². The van der Waals surface area contributed by atoms with Crippen LogP contribution in [0.5, 0.6) is 0 Å². The van der Waals surface area contributed by atoms with E-state index in [2.05, 4.69) is 17.2 Å². The Morgan fingerprint density at radius 2 is 1.90 bits per heavy atom. The Morgan fingerprint density at radius 1 is 1.17 bits per heavy atom. The van der Waals surface area contributed by atoms with Crippen molar-refractivity contribution in [2.24, 2.45) is 0 Å². The smallest absolute Gasteiger partial charge is 0.311 e. The third kappa shape index (κ3) is 5.48. The summed E-state index contributed by atoms with van der Waals surface area (Å²) in [5.74, 6) is -1.65. The molecule has 3 rings (SSSR count). The average Bonchev–Trinajstić information content (AvgIpc) is 3.18. The van der Waals surface area contributed by atoms with Crippen molar-refractivity contribution in [3.63, 3.8) is 0 Å². The molecule has 0 radical (unpaired) electrons. The topological polar surface area (TPSA) is 68.3 Å². The molecule has 1 amide bonds. The monoisotopic (exact) mass is 412 g/mol. The highest BCUT2D eigenvalue weighted by Gasteiger charge is 2.20. The fourth-order valence-corrected chi connectivity index (χ4v) is 3.39. The molecular formula is C22H21FN2O3S. The van der Waals surface area contributed by atoms with Gasteiger partial charge in [-0.3, -0.25) is 14.9 Å². The van der Waals surface area contributed by atoms with E-state index >= 15 is 0 Å². The van der Waals surface area contributed by atoms with Gasteiger partial charge < -0.3 is 4.74 Å². The second-order valence-electron chi connectivity index (χ2n) is 6.48. The van der Waals surface area contributed by atoms with E-state index in [4.69, 9.17) is 4.74 Å². The van der Waals surface area contributed by atoms with Gasteiger partial charge in [0.25, 0.3) is 5.91 Å². The molecule has 3 aromatic rings. The van der Waals surface area contributed by atoms with Gasteiger partial charge in [-0.25, -0.2) is 9.37 Å². The number of amides is 1. The highest BCUT2D eigenvalue weighted by atomic mass is 32.1. The molecule has 0 fully saturated rings. The van der Waals surface area contributed by atoms with Crippen LogP contribution in [-0.2, 0) is 27.2 Å². The van der Waals surface area contributed by atoms with Crippen LogP contribution in [-0.4, -0.2) is 23.0 Å². The summed E-state index contributed by atoms with van der Waals surface area (Å²) < 4.78 is 18.7. The molecule has 29 heavy (non-hydrogen) atoms. The molecule has 1 atom stereocenters. The lowest BCUT2D eigenvalue weighted by atomic mass is 10.1. The van der Waals surface area contributed by atoms with Crippen LogP contribution in [0.2, 0.25) is 0 Å². The number of esters is 1. The van der Waals surface area contributed by atoms with Crippen molar-refractivity contribution in [1.29, 1.82) is 0 Å². The van der Waals surface area contributed by atoms with Gasteiger partial charge in [0.05, 0.1) is 12.1 Å². The first-order valence-corrected chi connectivity index (χ1v) is 10.1. The van der Waals surface area contributed by atoms with Crippen LogP contribution in [0.1, 0.15) is 25.0 Å². The Labute approximate surface area is 172 Å². The minimum atomic E-state index is -1.02. The lowest BCUT2D eigenvalue weighted by Gasteiger charge is -2.12. The van der Waals surface area contributed by atoms with Crippen LogP contribution >= 0.6 is 11.3 Å². The van der Waals surface area contributed by atoms with Gasteiger partial charge in [-0.1, -0.05) is 49.4 Å². The van der Waals surface area contributed by atoms with Gasteiger partial charge in [0.2, 0.25) is 0 Å². The molecule has 0 unspecified atom stereocenters. The van der Waals surface area contributed by atoms with E-state index in [1.54, 1.807) is 12.1 Å². The maximum atomic E-state index is 13.6. The quantitative estimate of drug-likeness (QED) is 0.575. The zero-order valence-corrected chi connectivity index (χ0v) is 17.0. The van der Waals surface area contributed by atoms with E-state index in [0.29, 0.717) is 5.13 Å². The number of hydrogen-bond acceptors (Lipinski definition) is 5. The first-order chi connectivity index (χ1) is 14.0. The van der Waals surface area contributed by atoms with Gasteiger partial charge in [-0.2, -0.15) is 0 Å². The first kappa shape index (κ1) is 20.7. The van der Waals surface area contributed by atoms with Gasteiger partial charge >= 0.3 is 5.97 Å². The molecule has 150 valence electrons. The van der Waals surface area contributed by atoms with Crippen LogP contribution in [0.4, 0.5) is 9.52 Å². The van der Waals surface area contributed by atoms with Gasteiger partial charge in [0.1, 0.15) is 5.82 Å². The molecular weight excluding hydrogens is 391 g/mol. The van der Waals surface area contributed by atoms with Crippen LogP contribution < -0.4 is 5.32 Å².